The van der Waals surface area contributed by atoms with Crippen molar-refractivity contribution in [3.05, 3.63) is 35.9 Å². The van der Waals surface area contributed by atoms with Crippen molar-refractivity contribution in [2.45, 2.75) is 38.8 Å². The third-order valence-electron chi connectivity index (χ3n) is 3.96. The standard InChI is InChI=1S/C15H20N2O2/c1-4-11(2)17-13(18)10-16-14(19)15(17,3)12-8-6-5-7-9-12/h5-9,11H,4,10H2,1-3H3,(H,16,19). The summed E-state index contributed by atoms with van der Waals surface area (Å²) in [7, 11) is 0. The van der Waals surface area contributed by atoms with Crippen LogP contribution in [0.25, 0.3) is 0 Å². The van der Waals surface area contributed by atoms with Gasteiger partial charge in [0.05, 0.1) is 6.54 Å². The van der Waals surface area contributed by atoms with Crippen LogP contribution in [-0.4, -0.2) is 29.3 Å². The highest BCUT2D eigenvalue weighted by Crippen LogP contribution is 2.33. The quantitative estimate of drug-likeness (QED) is 0.898. The van der Waals surface area contributed by atoms with Crippen LogP contribution in [0.1, 0.15) is 32.8 Å². The summed E-state index contributed by atoms with van der Waals surface area (Å²) in [6.45, 7) is 5.92. The van der Waals surface area contributed by atoms with E-state index in [-0.39, 0.29) is 24.4 Å². The molecule has 1 aliphatic rings. The maximum absolute atomic E-state index is 12.4. The molecule has 102 valence electrons. The summed E-state index contributed by atoms with van der Waals surface area (Å²) in [6.07, 6.45) is 0.821. The number of carbonyl (C=O) groups is 2. The van der Waals surface area contributed by atoms with Gasteiger partial charge in [-0.05, 0) is 25.8 Å². The summed E-state index contributed by atoms with van der Waals surface area (Å²) in [5.74, 6) is -0.140. The van der Waals surface area contributed by atoms with Crippen LogP contribution in [0.5, 0.6) is 0 Å². The molecule has 1 fully saturated rings. The number of nitrogens with one attached hydrogen (secondary N) is 1. The third kappa shape index (κ3) is 2.11. The molecule has 1 aromatic carbocycles. The summed E-state index contributed by atoms with van der Waals surface area (Å²) in [5.41, 5.74) is -0.0766. The highest BCUT2D eigenvalue weighted by atomic mass is 16.2. The fourth-order valence-corrected chi connectivity index (χ4v) is 2.67. The van der Waals surface area contributed by atoms with Gasteiger partial charge in [-0.2, -0.15) is 0 Å². The molecule has 1 heterocycles. The van der Waals surface area contributed by atoms with E-state index in [1.54, 1.807) is 4.90 Å². The normalized spacial score (nSPS) is 25.1. The molecule has 0 radical (unpaired) electrons. The van der Waals surface area contributed by atoms with E-state index in [9.17, 15) is 9.59 Å². The van der Waals surface area contributed by atoms with E-state index >= 15 is 0 Å². The molecule has 2 amide bonds. The lowest BCUT2D eigenvalue weighted by Gasteiger charge is -2.46. The minimum atomic E-state index is -0.925. The molecule has 0 aliphatic carbocycles. The Morgan fingerprint density at radius 3 is 2.53 bits per heavy atom. The Kier molecular flexibility index (Phi) is 3.60. The van der Waals surface area contributed by atoms with E-state index in [0.29, 0.717) is 0 Å². The Morgan fingerprint density at radius 1 is 1.32 bits per heavy atom. The minimum absolute atomic E-state index is 0.0275. The van der Waals surface area contributed by atoms with Crippen molar-refractivity contribution < 1.29 is 9.59 Å². The molecule has 0 aromatic heterocycles. The number of rotatable bonds is 3. The van der Waals surface area contributed by atoms with Crippen LogP contribution in [0.2, 0.25) is 0 Å². The molecule has 0 bridgehead atoms. The summed E-state index contributed by atoms with van der Waals surface area (Å²) in [4.78, 5) is 26.4. The van der Waals surface area contributed by atoms with Crippen LogP contribution >= 0.6 is 0 Å². The first-order valence-corrected chi connectivity index (χ1v) is 6.67. The molecule has 4 heteroatoms. The lowest BCUT2D eigenvalue weighted by molar-refractivity contribution is -0.156. The highest BCUT2D eigenvalue weighted by Gasteiger charge is 2.48. The lowest BCUT2D eigenvalue weighted by atomic mass is 9.85. The average molecular weight is 260 g/mol. The molecule has 1 aromatic rings. The third-order valence-corrected chi connectivity index (χ3v) is 3.96. The predicted molar refractivity (Wildman–Crippen MR) is 73.4 cm³/mol. The number of carbonyl (C=O) groups excluding carboxylic acids is 2. The van der Waals surface area contributed by atoms with Gasteiger partial charge in [-0.1, -0.05) is 37.3 Å². The summed E-state index contributed by atoms with van der Waals surface area (Å²) in [5, 5.41) is 2.70. The first-order chi connectivity index (χ1) is 9.01. The number of piperazine rings is 1. The molecule has 19 heavy (non-hydrogen) atoms. The second-order valence-corrected chi connectivity index (χ2v) is 5.14. The zero-order valence-corrected chi connectivity index (χ0v) is 11.6. The maximum Gasteiger partial charge on any atom is 0.250 e. The molecule has 4 nitrogen and oxygen atoms in total. The summed E-state index contributed by atoms with van der Waals surface area (Å²) < 4.78 is 0. The number of amides is 2. The van der Waals surface area contributed by atoms with E-state index in [4.69, 9.17) is 0 Å². The zero-order chi connectivity index (χ0) is 14.0. The van der Waals surface area contributed by atoms with Gasteiger partial charge in [0.2, 0.25) is 5.91 Å². The van der Waals surface area contributed by atoms with Crippen molar-refractivity contribution in [2.75, 3.05) is 6.54 Å². The van der Waals surface area contributed by atoms with Gasteiger partial charge in [0.15, 0.2) is 0 Å². The van der Waals surface area contributed by atoms with Crippen LogP contribution in [0.4, 0.5) is 0 Å². The van der Waals surface area contributed by atoms with Crippen molar-refractivity contribution in [3.63, 3.8) is 0 Å². The van der Waals surface area contributed by atoms with E-state index in [1.165, 1.54) is 0 Å². The topological polar surface area (TPSA) is 49.4 Å². The first-order valence-electron chi connectivity index (χ1n) is 6.67. The van der Waals surface area contributed by atoms with E-state index in [1.807, 2.05) is 51.1 Å². The van der Waals surface area contributed by atoms with Crippen LogP contribution in [0.15, 0.2) is 30.3 Å². The molecule has 1 N–H and O–H groups in total. The van der Waals surface area contributed by atoms with Crippen LogP contribution in [0, 0.1) is 0 Å². The minimum Gasteiger partial charge on any atom is -0.345 e. The Morgan fingerprint density at radius 2 is 1.95 bits per heavy atom. The molecule has 2 unspecified atom stereocenters. The van der Waals surface area contributed by atoms with Gasteiger partial charge in [-0.25, -0.2) is 0 Å². The summed E-state index contributed by atoms with van der Waals surface area (Å²) in [6, 6.07) is 9.51. The molecule has 0 saturated carbocycles. The maximum atomic E-state index is 12.4. The zero-order valence-electron chi connectivity index (χ0n) is 11.6. The second kappa shape index (κ2) is 5.03. The SMILES string of the molecule is CCC(C)N1C(=O)CNC(=O)C1(C)c1ccccc1. The van der Waals surface area contributed by atoms with Crippen LogP contribution in [0.3, 0.4) is 0 Å². The van der Waals surface area contributed by atoms with Crippen LogP contribution in [-0.2, 0) is 15.1 Å². The van der Waals surface area contributed by atoms with Gasteiger partial charge in [-0.3, -0.25) is 9.59 Å². The molecular formula is C15H20N2O2. The molecule has 1 saturated heterocycles. The number of hydrogen-bond acceptors (Lipinski definition) is 2. The second-order valence-electron chi connectivity index (χ2n) is 5.14. The molecular weight excluding hydrogens is 240 g/mol. The summed E-state index contributed by atoms with van der Waals surface area (Å²) >= 11 is 0. The van der Waals surface area contributed by atoms with Crippen molar-refractivity contribution in [2.24, 2.45) is 0 Å². The van der Waals surface area contributed by atoms with Crippen molar-refractivity contribution in [3.8, 4) is 0 Å². The predicted octanol–water partition coefficient (Wildman–Crippen LogP) is 1.66. The Labute approximate surface area is 113 Å². The van der Waals surface area contributed by atoms with Gasteiger partial charge < -0.3 is 10.2 Å². The van der Waals surface area contributed by atoms with Gasteiger partial charge in [-0.15, -0.1) is 0 Å². The van der Waals surface area contributed by atoms with Gasteiger partial charge in [0.1, 0.15) is 5.54 Å². The number of hydrogen-bond donors (Lipinski definition) is 1. The molecule has 2 atom stereocenters. The molecule has 1 aliphatic heterocycles. The Bertz CT molecular complexity index is 486. The van der Waals surface area contributed by atoms with Crippen molar-refractivity contribution in [1.82, 2.24) is 10.2 Å². The van der Waals surface area contributed by atoms with E-state index in [2.05, 4.69) is 5.32 Å². The van der Waals surface area contributed by atoms with E-state index in [0.717, 1.165) is 12.0 Å². The number of nitrogens with zero attached hydrogens (tertiary/aromatic N) is 1. The van der Waals surface area contributed by atoms with Crippen molar-refractivity contribution in [1.29, 1.82) is 0 Å². The van der Waals surface area contributed by atoms with Crippen molar-refractivity contribution >= 4 is 11.8 Å². The molecule has 0 spiro atoms. The van der Waals surface area contributed by atoms with Gasteiger partial charge in [0, 0.05) is 6.04 Å². The fraction of sp³-hybridized carbons (Fsp3) is 0.467. The average Bonchev–Trinajstić information content (AvgIpc) is 2.44. The highest BCUT2D eigenvalue weighted by molar-refractivity contribution is 5.98. The van der Waals surface area contributed by atoms with Gasteiger partial charge >= 0.3 is 0 Å². The Hall–Kier alpha value is -1.84. The fourth-order valence-electron chi connectivity index (χ4n) is 2.67. The van der Waals surface area contributed by atoms with E-state index < -0.39 is 5.54 Å². The number of benzene rings is 1. The van der Waals surface area contributed by atoms with Gasteiger partial charge in [0.25, 0.3) is 5.91 Å². The first kappa shape index (κ1) is 13.6. The lowest BCUT2D eigenvalue weighted by Crippen LogP contribution is -2.66. The molecule has 2 rings (SSSR count). The monoisotopic (exact) mass is 260 g/mol. The smallest absolute Gasteiger partial charge is 0.250 e. The van der Waals surface area contributed by atoms with Crippen LogP contribution < -0.4 is 5.32 Å². The Balaban J connectivity index is 2.53. The largest absolute Gasteiger partial charge is 0.345 e.